The third kappa shape index (κ3) is 14.7. The predicted molar refractivity (Wildman–Crippen MR) is 201 cm³/mol. The number of ketones is 1. The molecule has 5 nitrogen and oxygen atoms in total. The molecule has 3 atom stereocenters. The van der Waals surface area contributed by atoms with Crippen LogP contribution in [0.2, 0.25) is 0 Å². The number of hydrogen-bond donors (Lipinski definition) is 0. The van der Waals surface area contributed by atoms with Gasteiger partial charge in [0.05, 0.1) is 0 Å². The van der Waals surface area contributed by atoms with E-state index in [4.69, 9.17) is 9.47 Å². The molecule has 0 fully saturated rings. The van der Waals surface area contributed by atoms with Crippen LogP contribution >= 0.6 is 0 Å². The molecule has 3 aliphatic rings. The Hall–Kier alpha value is -3.47. The van der Waals surface area contributed by atoms with E-state index >= 15 is 0 Å². The first-order valence-electron chi connectivity index (χ1n) is 17.4. The van der Waals surface area contributed by atoms with Gasteiger partial charge in [-0.25, -0.2) is 0 Å². The fourth-order valence-corrected chi connectivity index (χ4v) is 7.02. The van der Waals surface area contributed by atoms with Gasteiger partial charge in [-0.1, -0.05) is 108 Å². The number of esters is 2. The Kier molecular flexibility index (Phi) is 16.8. The van der Waals surface area contributed by atoms with Crippen LogP contribution < -0.4 is 0 Å². The van der Waals surface area contributed by atoms with E-state index in [2.05, 4.69) is 112 Å². The minimum Gasteiger partial charge on any atom is -0.427 e. The van der Waals surface area contributed by atoms with Crippen LogP contribution in [0.4, 0.5) is 0 Å². The lowest BCUT2D eigenvalue weighted by Crippen LogP contribution is -2.26. The lowest BCUT2D eigenvalue weighted by molar-refractivity contribution is -0.137. The molecule has 0 N–H and O–H groups in total. The minimum absolute atomic E-state index is 0.138. The smallest absolute Gasteiger partial charge is 0.308 e. The normalized spacial score (nSPS) is 24.2. The van der Waals surface area contributed by atoms with Crippen molar-refractivity contribution in [2.45, 2.75) is 122 Å². The first kappa shape index (κ1) is 42.6. The lowest BCUT2D eigenvalue weighted by Gasteiger charge is -2.36. The van der Waals surface area contributed by atoms with Crippen molar-refractivity contribution in [2.24, 2.45) is 34.0 Å². The average Bonchev–Trinajstić information content (AvgIpc) is 2.91. The molecular formula is C43H64O5. The fourth-order valence-electron chi connectivity index (χ4n) is 7.02. The van der Waals surface area contributed by atoms with E-state index in [9.17, 15) is 14.4 Å². The number of allylic oxidation sites excluding steroid dienone is 12. The summed E-state index contributed by atoms with van der Waals surface area (Å²) in [6, 6.07) is 0. The van der Waals surface area contributed by atoms with Crippen LogP contribution in [-0.2, 0) is 23.9 Å². The molecule has 0 amide bonds. The molecule has 0 aromatic carbocycles. The van der Waals surface area contributed by atoms with Crippen molar-refractivity contribution in [1.82, 2.24) is 0 Å². The van der Waals surface area contributed by atoms with Crippen LogP contribution in [0.15, 0.2) is 96.1 Å². The van der Waals surface area contributed by atoms with Gasteiger partial charge in [0.1, 0.15) is 11.5 Å². The Morgan fingerprint density at radius 1 is 0.583 bits per heavy atom. The third-order valence-corrected chi connectivity index (χ3v) is 9.78. The first-order valence-corrected chi connectivity index (χ1v) is 17.4. The van der Waals surface area contributed by atoms with Gasteiger partial charge in [-0.15, -0.1) is 0 Å². The van der Waals surface area contributed by atoms with Crippen LogP contribution in [0, 0.1) is 34.0 Å². The average molecular weight is 661 g/mol. The maximum absolute atomic E-state index is 10.9. The number of ether oxygens (including phenoxy) is 2. The third-order valence-electron chi connectivity index (χ3n) is 9.78. The van der Waals surface area contributed by atoms with Gasteiger partial charge in [0.25, 0.3) is 0 Å². The second-order valence-electron chi connectivity index (χ2n) is 15.7. The largest absolute Gasteiger partial charge is 0.427 e. The molecular weight excluding hydrogens is 596 g/mol. The Bertz CT molecular complexity index is 1280. The standard InChI is InChI=1S/2C15H22O2.C13H20O/c2*1-11-7-6-10-15(4,5)14(11)9-8-12(2)17-13(3)16;1-10-6-5-9-13(3,4)12(10)8-7-11(2)14/h2*7-9,14H,2,6,10H2,1,3-5H3;6-8,12H,5,9H2,1-4H3/b2*9-8+;8-7+/t2*14-;12-/m101/s1. The highest BCUT2D eigenvalue weighted by molar-refractivity contribution is 5.87. The topological polar surface area (TPSA) is 69.7 Å². The summed E-state index contributed by atoms with van der Waals surface area (Å²) in [5, 5.41) is 0. The summed E-state index contributed by atoms with van der Waals surface area (Å²) in [5.41, 5.74) is 4.97. The van der Waals surface area contributed by atoms with Gasteiger partial charge in [0.2, 0.25) is 0 Å². The van der Waals surface area contributed by atoms with Crippen LogP contribution in [0.1, 0.15) is 122 Å². The molecule has 0 heterocycles. The maximum Gasteiger partial charge on any atom is 0.308 e. The van der Waals surface area contributed by atoms with Crippen molar-refractivity contribution in [3.05, 3.63) is 96.1 Å². The van der Waals surface area contributed by atoms with Crippen molar-refractivity contribution < 1.29 is 23.9 Å². The van der Waals surface area contributed by atoms with Gasteiger partial charge < -0.3 is 9.47 Å². The molecule has 0 aromatic rings. The molecule has 3 aliphatic carbocycles. The van der Waals surface area contributed by atoms with Gasteiger partial charge in [-0.3, -0.25) is 14.4 Å². The fraction of sp³-hybridized carbons (Fsp3) is 0.558. The van der Waals surface area contributed by atoms with Crippen molar-refractivity contribution in [1.29, 1.82) is 0 Å². The summed E-state index contributed by atoms with van der Waals surface area (Å²) >= 11 is 0. The second-order valence-corrected chi connectivity index (χ2v) is 15.7. The molecule has 0 aliphatic heterocycles. The van der Waals surface area contributed by atoms with Gasteiger partial charge in [-0.05, 0) is 101 Å². The predicted octanol–water partition coefficient (Wildman–Crippen LogP) is 11.5. The van der Waals surface area contributed by atoms with E-state index in [1.54, 1.807) is 25.2 Å². The van der Waals surface area contributed by atoms with E-state index in [1.165, 1.54) is 56.3 Å². The molecule has 0 aromatic heterocycles. The van der Waals surface area contributed by atoms with Gasteiger partial charge in [-0.2, -0.15) is 0 Å². The molecule has 3 rings (SSSR count). The molecule has 0 spiro atoms. The second kappa shape index (κ2) is 18.9. The molecule has 0 saturated heterocycles. The Morgan fingerprint density at radius 2 is 0.854 bits per heavy atom. The van der Waals surface area contributed by atoms with Crippen molar-refractivity contribution in [2.75, 3.05) is 0 Å². The van der Waals surface area contributed by atoms with Crippen molar-refractivity contribution in [3.63, 3.8) is 0 Å². The monoisotopic (exact) mass is 660 g/mol. The highest BCUT2D eigenvalue weighted by atomic mass is 16.5. The highest BCUT2D eigenvalue weighted by Gasteiger charge is 2.32. The van der Waals surface area contributed by atoms with Crippen LogP contribution in [0.25, 0.3) is 0 Å². The zero-order chi connectivity index (χ0) is 36.9. The van der Waals surface area contributed by atoms with E-state index in [1.807, 2.05) is 0 Å². The van der Waals surface area contributed by atoms with E-state index in [0.29, 0.717) is 34.7 Å². The van der Waals surface area contributed by atoms with E-state index in [0.717, 1.165) is 12.8 Å². The molecule has 0 radical (unpaired) electrons. The highest BCUT2D eigenvalue weighted by Crippen LogP contribution is 2.43. The maximum atomic E-state index is 10.9. The molecule has 48 heavy (non-hydrogen) atoms. The van der Waals surface area contributed by atoms with Gasteiger partial charge in [0.15, 0.2) is 5.78 Å². The summed E-state index contributed by atoms with van der Waals surface area (Å²) in [5.74, 6) is 1.52. The molecule has 5 heteroatoms. The number of carbonyl (C=O) groups is 3. The summed E-state index contributed by atoms with van der Waals surface area (Å²) < 4.78 is 9.81. The van der Waals surface area contributed by atoms with Crippen LogP contribution in [-0.4, -0.2) is 17.7 Å². The number of carbonyl (C=O) groups excluding carboxylic acids is 3. The van der Waals surface area contributed by atoms with Crippen molar-refractivity contribution >= 4 is 17.7 Å². The summed E-state index contributed by atoms with van der Waals surface area (Å²) in [6.45, 7) is 31.9. The summed E-state index contributed by atoms with van der Waals surface area (Å²) in [4.78, 5) is 32.4. The van der Waals surface area contributed by atoms with E-state index < -0.39 is 0 Å². The molecule has 0 bridgehead atoms. The minimum atomic E-state index is -0.324. The van der Waals surface area contributed by atoms with Crippen LogP contribution in [0.5, 0.6) is 0 Å². The zero-order valence-corrected chi connectivity index (χ0v) is 32.1. The molecule has 266 valence electrons. The van der Waals surface area contributed by atoms with Gasteiger partial charge in [0, 0.05) is 31.6 Å². The Morgan fingerprint density at radius 3 is 1.08 bits per heavy atom. The quantitative estimate of drug-likeness (QED) is 0.0852. The number of rotatable bonds is 8. The molecule has 0 unspecified atom stereocenters. The first-order chi connectivity index (χ1) is 22.1. The summed E-state index contributed by atoms with van der Waals surface area (Å²) in [7, 11) is 0. The molecule has 0 saturated carbocycles. The Balaban J connectivity index is 0.000000362. The van der Waals surface area contributed by atoms with Crippen molar-refractivity contribution in [3.8, 4) is 0 Å². The number of hydrogen-bond acceptors (Lipinski definition) is 5. The zero-order valence-electron chi connectivity index (χ0n) is 32.1. The van der Waals surface area contributed by atoms with E-state index in [-0.39, 0.29) is 28.6 Å². The lowest BCUT2D eigenvalue weighted by atomic mass is 9.68. The summed E-state index contributed by atoms with van der Waals surface area (Å²) in [6.07, 6.45) is 25.5. The SMILES string of the molecule is C=C(/C=C/[C@@H]1C(C)=CCCC1(C)C)OC(C)=O.C=C(/C=C/[C@H]1C(C)=CCCC1(C)C)OC(C)=O.CC(=O)/C=C/[C@@H]1C(C)=CCCC1(C)C. The van der Waals surface area contributed by atoms with Crippen LogP contribution in [0.3, 0.4) is 0 Å². The van der Waals surface area contributed by atoms with Gasteiger partial charge >= 0.3 is 11.9 Å². The Labute approximate surface area is 292 Å².